The van der Waals surface area contributed by atoms with Gasteiger partial charge in [-0.2, -0.15) is 0 Å². The Morgan fingerprint density at radius 2 is 1.76 bits per heavy atom. The number of nitro groups is 1. The van der Waals surface area contributed by atoms with E-state index in [0.29, 0.717) is 16.0 Å². The van der Waals surface area contributed by atoms with Gasteiger partial charge in [-0.3, -0.25) is 10.1 Å². The first-order chi connectivity index (χ1) is 11.9. The number of hydrogen-bond donors (Lipinski definition) is 0. The summed E-state index contributed by atoms with van der Waals surface area (Å²) in [7, 11) is 2.87. The fourth-order valence-corrected chi connectivity index (χ4v) is 2.77. The van der Waals surface area contributed by atoms with Gasteiger partial charge in [-0.05, 0) is 24.3 Å². The molecule has 0 N–H and O–H groups in total. The molecule has 2 rings (SSSR count). The maximum absolute atomic E-state index is 11.6. The fraction of sp³-hybridized carbons (Fsp3) is 0.118. The number of carbonyl (C=O) groups is 1. The van der Waals surface area contributed by atoms with Gasteiger partial charge in [0.15, 0.2) is 11.5 Å². The van der Waals surface area contributed by atoms with Crippen molar-refractivity contribution in [1.29, 1.82) is 0 Å². The zero-order valence-electron chi connectivity index (χ0n) is 13.3. The Hall–Kier alpha value is -2.87. The van der Waals surface area contributed by atoms with E-state index in [1.807, 2.05) is 0 Å². The van der Waals surface area contributed by atoms with E-state index in [4.69, 9.17) is 9.47 Å². The summed E-state index contributed by atoms with van der Waals surface area (Å²) in [6.07, 6.45) is 1.19. The highest BCUT2D eigenvalue weighted by molar-refractivity contribution is 9.10. The van der Waals surface area contributed by atoms with Crippen molar-refractivity contribution in [3.05, 3.63) is 62.1 Å². The highest BCUT2D eigenvalue weighted by atomic mass is 79.9. The summed E-state index contributed by atoms with van der Waals surface area (Å²) in [5.41, 5.74) is -0.0517. The zero-order valence-corrected chi connectivity index (χ0v) is 14.9. The van der Waals surface area contributed by atoms with Crippen molar-refractivity contribution >= 4 is 39.2 Å². The van der Waals surface area contributed by atoms with Crippen molar-refractivity contribution in [3.8, 4) is 11.5 Å². The topological polar surface area (TPSA) is 102 Å². The van der Waals surface area contributed by atoms with Crippen LogP contribution < -0.4 is 14.6 Å². The molecule has 0 aliphatic heterocycles. The molecule has 0 saturated heterocycles. The molecule has 0 aliphatic rings. The third kappa shape index (κ3) is 3.97. The maximum atomic E-state index is 11.6. The number of para-hydroxylation sites is 1. The lowest BCUT2D eigenvalue weighted by molar-refractivity contribution is -0.385. The third-order valence-corrected chi connectivity index (χ3v) is 4.07. The van der Waals surface area contributed by atoms with Crippen molar-refractivity contribution in [3.63, 3.8) is 0 Å². The normalized spacial score (nSPS) is 11.1. The monoisotopic (exact) mass is 406 g/mol. The Balaban J connectivity index is 2.68. The van der Waals surface area contributed by atoms with Gasteiger partial charge in [0.25, 0.3) is 5.69 Å². The molecule has 0 atom stereocenters. The maximum Gasteiger partial charge on any atom is 0.276 e. The number of ether oxygens (including phenoxy) is 2. The molecule has 2 aromatic carbocycles. The summed E-state index contributed by atoms with van der Waals surface area (Å²) in [6, 6.07) is 8.83. The van der Waals surface area contributed by atoms with Gasteiger partial charge >= 0.3 is 0 Å². The smallest absolute Gasteiger partial charge is 0.276 e. The molecule has 0 heterocycles. The summed E-state index contributed by atoms with van der Waals surface area (Å²) >= 11 is 3.28. The Morgan fingerprint density at radius 1 is 1.16 bits per heavy atom. The van der Waals surface area contributed by atoms with Crippen molar-refractivity contribution < 1.29 is 24.3 Å². The Kier molecular flexibility index (Phi) is 5.76. The molecular weight excluding hydrogens is 394 g/mol. The second-order valence-electron chi connectivity index (χ2n) is 4.85. The summed E-state index contributed by atoms with van der Waals surface area (Å²) in [6.45, 7) is 0. The van der Waals surface area contributed by atoms with E-state index in [1.165, 1.54) is 44.6 Å². The average Bonchev–Trinajstić information content (AvgIpc) is 2.59. The van der Waals surface area contributed by atoms with Gasteiger partial charge in [-0.1, -0.05) is 28.1 Å². The van der Waals surface area contributed by atoms with Crippen molar-refractivity contribution in [2.75, 3.05) is 14.2 Å². The van der Waals surface area contributed by atoms with E-state index in [0.717, 1.165) is 0 Å². The first kappa shape index (κ1) is 18.5. The number of carboxylic acids is 1. The van der Waals surface area contributed by atoms with Crippen LogP contribution in [-0.2, 0) is 4.79 Å². The average molecular weight is 407 g/mol. The first-order valence-corrected chi connectivity index (χ1v) is 7.76. The Bertz CT molecular complexity index is 862. The van der Waals surface area contributed by atoms with Gasteiger partial charge in [0.05, 0.1) is 30.7 Å². The van der Waals surface area contributed by atoms with Gasteiger partial charge in [-0.25, -0.2) is 0 Å². The third-order valence-electron chi connectivity index (χ3n) is 3.42. The summed E-state index contributed by atoms with van der Waals surface area (Å²) in [5, 5.41) is 22.8. The van der Waals surface area contributed by atoms with Gasteiger partial charge in [0.2, 0.25) is 0 Å². The van der Waals surface area contributed by atoms with Crippen molar-refractivity contribution in [1.82, 2.24) is 0 Å². The number of benzene rings is 2. The quantitative estimate of drug-likeness (QED) is 0.316. The number of nitrogens with zero attached hydrogens (tertiary/aromatic N) is 1. The number of carboxylic acid groups (broad SMARTS) is 1. The molecule has 7 nitrogen and oxygen atoms in total. The molecule has 0 radical (unpaired) electrons. The van der Waals surface area contributed by atoms with Crippen LogP contribution in [0.1, 0.15) is 11.1 Å². The molecule has 0 bridgehead atoms. The summed E-state index contributed by atoms with van der Waals surface area (Å²) in [5.74, 6) is -0.761. The minimum absolute atomic E-state index is 0.147. The SMILES string of the molecule is COc1cc(Br)c(/C(=C/c2ccccc2[N+](=O)[O-])C(=O)[O-])cc1OC. The lowest BCUT2D eigenvalue weighted by atomic mass is 10.0. The molecule has 0 aliphatic carbocycles. The van der Waals surface area contributed by atoms with Crippen LogP contribution in [0.3, 0.4) is 0 Å². The molecule has 2 aromatic rings. The lowest BCUT2D eigenvalue weighted by Gasteiger charge is -2.15. The van der Waals surface area contributed by atoms with Crippen LogP contribution >= 0.6 is 15.9 Å². The highest BCUT2D eigenvalue weighted by Gasteiger charge is 2.16. The first-order valence-electron chi connectivity index (χ1n) is 6.97. The Labute approximate surface area is 151 Å². The van der Waals surface area contributed by atoms with Crippen LogP contribution in [0, 0.1) is 10.1 Å². The molecule has 25 heavy (non-hydrogen) atoms. The predicted octanol–water partition coefficient (Wildman–Crippen LogP) is 2.67. The lowest BCUT2D eigenvalue weighted by Crippen LogP contribution is -2.23. The molecule has 0 fully saturated rings. The second kappa shape index (κ2) is 7.80. The van der Waals surface area contributed by atoms with Crippen molar-refractivity contribution in [2.24, 2.45) is 0 Å². The fourth-order valence-electron chi connectivity index (χ4n) is 2.24. The summed E-state index contributed by atoms with van der Waals surface area (Å²) < 4.78 is 10.7. The van der Waals surface area contributed by atoms with Gasteiger partial charge in [-0.15, -0.1) is 0 Å². The van der Waals surface area contributed by atoms with Gasteiger partial charge in [0, 0.05) is 21.7 Å². The number of methoxy groups -OCH3 is 2. The minimum Gasteiger partial charge on any atom is -0.545 e. The van der Waals surface area contributed by atoms with Crippen LogP contribution in [0.25, 0.3) is 11.6 Å². The molecule has 0 aromatic heterocycles. The molecule has 0 saturated carbocycles. The number of rotatable bonds is 6. The van der Waals surface area contributed by atoms with E-state index in [1.54, 1.807) is 12.1 Å². The van der Waals surface area contributed by atoms with Gasteiger partial charge < -0.3 is 19.4 Å². The minimum atomic E-state index is -1.48. The number of carbonyl (C=O) groups excluding carboxylic acids is 1. The number of halogens is 1. The van der Waals surface area contributed by atoms with Gasteiger partial charge in [0.1, 0.15) is 0 Å². The summed E-state index contributed by atoms with van der Waals surface area (Å²) in [4.78, 5) is 22.2. The van der Waals surface area contributed by atoms with Crippen LogP contribution in [0.2, 0.25) is 0 Å². The molecule has 0 unspecified atom stereocenters. The van der Waals surface area contributed by atoms with Crippen molar-refractivity contribution in [2.45, 2.75) is 0 Å². The standard InChI is InChI=1S/C17H14BrNO6/c1-24-15-8-11(13(18)9-16(15)25-2)12(17(20)21)7-10-5-3-4-6-14(10)19(22)23/h3-9H,1-2H3,(H,20,21)/p-1/b12-7-. The number of aliphatic carboxylic acids is 1. The molecule has 0 amide bonds. The molecule has 0 spiro atoms. The van der Waals surface area contributed by atoms with Crippen LogP contribution in [0.15, 0.2) is 40.9 Å². The Morgan fingerprint density at radius 3 is 2.32 bits per heavy atom. The molecule has 130 valence electrons. The van der Waals surface area contributed by atoms with E-state index in [-0.39, 0.29) is 22.4 Å². The highest BCUT2D eigenvalue weighted by Crippen LogP contribution is 2.37. The molecule has 8 heteroatoms. The van der Waals surface area contributed by atoms with Crippen LogP contribution in [0.5, 0.6) is 11.5 Å². The van der Waals surface area contributed by atoms with E-state index in [9.17, 15) is 20.0 Å². The largest absolute Gasteiger partial charge is 0.545 e. The zero-order chi connectivity index (χ0) is 18.6. The molecular formula is C17H13BrNO6-. The van der Waals surface area contributed by atoms with Crippen LogP contribution in [0.4, 0.5) is 5.69 Å². The second-order valence-corrected chi connectivity index (χ2v) is 5.70. The van der Waals surface area contributed by atoms with E-state index < -0.39 is 10.9 Å². The van der Waals surface area contributed by atoms with E-state index in [2.05, 4.69) is 15.9 Å². The van der Waals surface area contributed by atoms with E-state index >= 15 is 0 Å². The van der Waals surface area contributed by atoms with Crippen LogP contribution in [-0.4, -0.2) is 25.1 Å². The number of hydrogen-bond acceptors (Lipinski definition) is 6. The number of nitro benzene ring substituents is 1. The predicted molar refractivity (Wildman–Crippen MR) is 93.2 cm³/mol.